The third kappa shape index (κ3) is 9.67. The minimum absolute atomic E-state index is 0.0998. The van der Waals surface area contributed by atoms with Gasteiger partial charge in [0.2, 0.25) is 0 Å². The molecule has 0 fully saturated rings. The zero-order valence-corrected chi connectivity index (χ0v) is 38.3. The zero-order chi connectivity index (χ0) is 53.9. The molecule has 1 nitrogen and oxygen atoms in total. The van der Waals surface area contributed by atoms with E-state index in [0.717, 1.165) is 13.0 Å². The van der Waals surface area contributed by atoms with Gasteiger partial charge in [0.1, 0.15) is 62.2 Å². The van der Waals surface area contributed by atoms with Crippen molar-refractivity contribution in [3.63, 3.8) is 0 Å². The molecule has 0 spiro atoms. The lowest BCUT2D eigenvalue weighted by Gasteiger charge is -2.44. The first-order valence-electron chi connectivity index (χ1n) is 21.3. The van der Waals surface area contributed by atoms with E-state index in [9.17, 15) is 52.7 Å². The van der Waals surface area contributed by atoms with Gasteiger partial charge in [-0.25, -0.2) is 92.3 Å². The van der Waals surface area contributed by atoms with Crippen molar-refractivity contribution in [3.8, 4) is 0 Å². The van der Waals surface area contributed by atoms with Gasteiger partial charge < -0.3 is 0 Å². The van der Waals surface area contributed by atoms with Crippen molar-refractivity contribution in [2.75, 3.05) is 6.61 Å². The summed E-state index contributed by atoms with van der Waals surface area (Å²) in [5.74, 6) is -71.4. The lowest BCUT2D eigenvalue weighted by molar-refractivity contribution is 0.352. The highest BCUT2D eigenvalue weighted by molar-refractivity contribution is 7.20. The van der Waals surface area contributed by atoms with E-state index < -0.39 is 144 Å². The molecule has 1 atom stereocenters. The Hall–Kier alpha value is -6.41. The van der Waals surface area contributed by atoms with Crippen molar-refractivity contribution < 1.29 is 92.3 Å². The largest absolute Gasteiger partial charge is 0.246 e. The summed E-state index contributed by atoms with van der Waals surface area (Å²) in [7, 11) is 1.60. The molecule has 1 unspecified atom stereocenters. The van der Waals surface area contributed by atoms with Gasteiger partial charge in [-0.15, -0.1) is 21.9 Å². The molecule has 0 saturated heterocycles. The van der Waals surface area contributed by atoms with Crippen LogP contribution >= 0.6 is 9.47 Å². The highest BCUT2D eigenvalue weighted by Gasteiger charge is 2.52. The Kier molecular flexibility index (Phi) is 17.4. The van der Waals surface area contributed by atoms with Crippen molar-refractivity contribution in [1.82, 2.24) is 0 Å². The van der Waals surface area contributed by atoms with E-state index >= 15 is 35.1 Å². The van der Waals surface area contributed by atoms with Crippen LogP contribution in [-0.2, 0) is 9.94 Å². The predicted octanol–water partition coefficient (Wildman–Crippen LogP) is 12.7. The number of unbranched alkanes of at least 4 members (excludes halogenated alkanes) is 4. The summed E-state index contributed by atoms with van der Waals surface area (Å²) < 4.78 is 299. The normalized spacial score (nSPS) is 11.8. The van der Waals surface area contributed by atoms with Gasteiger partial charge in [0, 0.05) is 5.41 Å². The Labute approximate surface area is 403 Å². The fourth-order valence-corrected chi connectivity index (χ4v) is 9.30. The molecule has 0 aromatic heterocycles. The lowest BCUT2D eigenvalue weighted by atomic mass is 9.12. The molecule has 73 heavy (non-hydrogen) atoms. The van der Waals surface area contributed by atoms with E-state index in [2.05, 4.69) is 91.0 Å². The van der Waals surface area contributed by atoms with Gasteiger partial charge in [0.25, 0.3) is 0 Å². The SMILES string of the molecule is Fc1c(F)c(F)c([B-](c2c(F)c(F)c(F)c(F)c2F)(c2c(F)c(F)c(F)c(F)c2F)c2c(F)c(F)c(F)c(F)c2F)c(F)c1F.[PH3+]OCCCCCCCC(c1ccccc1)(c1ccccc1)c1ccccc1. The number of hydrogen-bond acceptors (Lipinski definition) is 1. The molecule has 0 aliphatic heterocycles. The van der Waals surface area contributed by atoms with Crippen LogP contribution in [0.5, 0.6) is 0 Å². The highest BCUT2D eigenvalue weighted by Crippen LogP contribution is 2.43. The third-order valence-electron chi connectivity index (χ3n) is 12.3. The van der Waals surface area contributed by atoms with Gasteiger partial charge in [0.05, 0.1) is 6.61 Å². The standard InChI is InChI=1S/C26H32OP.C24BF20/c28-27-22-14-3-1-2-13-21-26(23-15-7-4-8-16-23,24-17-9-5-10-18-24)25-19-11-6-12-20-25;26-5-1(6(27)14(35)21(42)13(5)34)25(2-7(28)15(36)22(43)16(37)8(2)29,3-9(30)17(38)23(44)18(39)10(3)31)4-11(32)19(40)24(45)20(41)12(4)33/h4-12,15-20H,1-3,13-14,21-22H2,28H3;/q+1;-1. The van der Waals surface area contributed by atoms with Crippen LogP contribution < -0.4 is 21.9 Å². The summed E-state index contributed by atoms with van der Waals surface area (Å²) in [6, 6.07) is 33.1. The van der Waals surface area contributed by atoms with Crippen LogP contribution in [0.3, 0.4) is 0 Å². The first-order chi connectivity index (χ1) is 34.6. The summed E-state index contributed by atoms with van der Waals surface area (Å²) in [4.78, 5) is 0. The molecular weight excluding hydrogens is 1040 g/mol. The number of hydrogen-bond donors (Lipinski definition) is 0. The Morgan fingerprint density at radius 1 is 0.288 bits per heavy atom. The Bertz CT molecular complexity index is 2670. The summed E-state index contributed by atoms with van der Waals surface area (Å²) in [6.07, 6.45) is 0.0918. The Morgan fingerprint density at radius 3 is 0.726 bits per heavy atom. The van der Waals surface area contributed by atoms with Crippen molar-refractivity contribution >= 4 is 37.5 Å². The van der Waals surface area contributed by atoms with Crippen LogP contribution in [0.15, 0.2) is 91.0 Å². The zero-order valence-electron chi connectivity index (χ0n) is 36.9. The second-order valence-corrected chi connectivity index (χ2v) is 16.6. The molecular formula is C50H32BF20OP. The van der Waals surface area contributed by atoms with E-state index in [1.807, 2.05) is 0 Å². The average Bonchev–Trinajstić information content (AvgIpc) is 3.40. The maximum Gasteiger partial charge on any atom is 0.200 e. The second-order valence-electron chi connectivity index (χ2n) is 16.2. The number of benzene rings is 7. The number of halogens is 20. The van der Waals surface area contributed by atoms with Gasteiger partial charge >= 0.3 is 0 Å². The summed E-state index contributed by atoms with van der Waals surface area (Å²) in [6.45, 7) is 0.889. The van der Waals surface area contributed by atoms with E-state index in [4.69, 9.17) is 4.52 Å². The molecule has 23 heteroatoms. The minimum atomic E-state index is -7.22. The second kappa shape index (κ2) is 22.8. The van der Waals surface area contributed by atoms with Crippen molar-refractivity contribution in [2.45, 2.75) is 43.9 Å². The molecule has 7 rings (SSSR count). The first-order valence-corrected chi connectivity index (χ1v) is 21.9. The first kappa shape index (κ1) is 55.9. The minimum Gasteiger partial charge on any atom is -0.246 e. The molecule has 0 amide bonds. The smallest absolute Gasteiger partial charge is 0.200 e. The molecule has 0 aliphatic carbocycles. The molecule has 0 aliphatic rings. The highest BCUT2D eigenvalue weighted by atomic mass is 31.0. The van der Waals surface area contributed by atoms with Crippen LogP contribution in [0.4, 0.5) is 87.8 Å². The fourth-order valence-electron chi connectivity index (χ4n) is 9.10. The summed E-state index contributed by atoms with van der Waals surface area (Å²) >= 11 is 0. The molecule has 0 N–H and O–H groups in total. The van der Waals surface area contributed by atoms with Crippen molar-refractivity contribution in [1.29, 1.82) is 0 Å². The molecule has 7 aromatic carbocycles. The molecule has 0 radical (unpaired) electrons. The molecule has 0 saturated carbocycles. The van der Waals surface area contributed by atoms with Crippen molar-refractivity contribution in [3.05, 3.63) is 224 Å². The van der Waals surface area contributed by atoms with Crippen LogP contribution in [-0.4, -0.2) is 12.8 Å². The maximum atomic E-state index is 15.4. The van der Waals surface area contributed by atoms with Gasteiger partial charge in [-0.2, -0.15) is 0 Å². The third-order valence-corrected chi connectivity index (χ3v) is 12.6. The van der Waals surface area contributed by atoms with E-state index in [-0.39, 0.29) is 5.41 Å². The maximum absolute atomic E-state index is 15.4. The number of rotatable bonds is 15. The van der Waals surface area contributed by atoms with Crippen LogP contribution in [0.2, 0.25) is 0 Å². The summed E-state index contributed by atoms with van der Waals surface area (Å²) in [5, 5.41) is 0. The lowest BCUT2D eigenvalue weighted by Crippen LogP contribution is -2.81. The molecule has 386 valence electrons. The molecule has 0 bridgehead atoms. The van der Waals surface area contributed by atoms with E-state index in [1.54, 1.807) is 9.47 Å². The van der Waals surface area contributed by atoms with Crippen LogP contribution in [0.25, 0.3) is 0 Å². The van der Waals surface area contributed by atoms with E-state index in [0.29, 0.717) is 0 Å². The quantitative estimate of drug-likeness (QED) is 0.0189. The van der Waals surface area contributed by atoms with Crippen LogP contribution in [0, 0.1) is 116 Å². The average molecular weight is 1070 g/mol. The Morgan fingerprint density at radius 2 is 0.493 bits per heavy atom. The van der Waals surface area contributed by atoms with Crippen molar-refractivity contribution in [2.24, 2.45) is 0 Å². The van der Waals surface area contributed by atoms with E-state index in [1.165, 1.54) is 48.8 Å². The van der Waals surface area contributed by atoms with Gasteiger partial charge in [-0.05, 0) is 29.5 Å². The van der Waals surface area contributed by atoms with Crippen LogP contribution in [0.1, 0.15) is 55.2 Å². The Balaban J connectivity index is 0.000000265. The van der Waals surface area contributed by atoms with Gasteiger partial charge in [-0.3, -0.25) is 0 Å². The van der Waals surface area contributed by atoms with Gasteiger partial charge in [-0.1, -0.05) is 117 Å². The monoisotopic (exact) mass is 1070 g/mol. The molecule has 7 aromatic rings. The predicted molar refractivity (Wildman–Crippen MR) is 233 cm³/mol. The fraction of sp³-hybridized carbons (Fsp3) is 0.160. The molecule has 0 heterocycles. The van der Waals surface area contributed by atoms with Gasteiger partial charge in [0.15, 0.2) is 69.8 Å². The summed E-state index contributed by atoms with van der Waals surface area (Å²) in [5.41, 5.74) is -10.3. The topological polar surface area (TPSA) is 9.23 Å².